The molecule has 0 saturated heterocycles. The average Bonchev–Trinajstić information content (AvgIpc) is 2.46. The standard InChI is InChI=1S/C15H12F2O3/c16-12-3-1-11(2-4-12)15(18)20-10-9-19-14-7-5-13(17)6-8-14/h1-8H,9-10H2. The third-order valence-electron chi connectivity index (χ3n) is 2.48. The van der Waals surface area contributed by atoms with E-state index in [4.69, 9.17) is 9.47 Å². The lowest BCUT2D eigenvalue weighted by Crippen LogP contribution is -2.12. The first-order chi connectivity index (χ1) is 9.65. The number of carbonyl (C=O) groups is 1. The molecular weight excluding hydrogens is 266 g/mol. The summed E-state index contributed by atoms with van der Waals surface area (Å²) in [6.45, 7) is 0.201. The molecule has 0 spiro atoms. The molecule has 5 heteroatoms. The summed E-state index contributed by atoms with van der Waals surface area (Å²) in [5.41, 5.74) is 0.271. The van der Waals surface area contributed by atoms with Crippen LogP contribution in [0.1, 0.15) is 10.4 Å². The van der Waals surface area contributed by atoms with Crippen molar-refractivity contribution in [2.24, 2.45) is 0 Å². The number of hydrogen-bond donors (Lipinski definition) is 0. The molecule has 0 aliphatic rings. The van der Waals surface area contributed by atoms with E-state index in [1.807, 2.05) is 0 Å². The Balaban J connectivity index is 1.74. The van der Waals surface area contributed by atoms with Gasteiger partial charge in [-0.25, -0.2) is 13.6 Å². The second kappa shape index (κ2) is 6.65. The van der Waals surface area contributed by atoms with Gasteiger partial charge < -0.3 is 9.47 Å². The third kappa shape index (κ3) is 4.05. The highest BCUT2D eigenvalue weighted by Gasteiger charge is 2.06. The minimum Gasteiger partial charge on any atom is -0.490 e. The molecule has 3 nitrogen and oxygen atoms in total. The van der Waals surface area contributed by atoms with Crippen molar-refractivity contribution in [1.82, 2.24) is 0 Å². The smallest absolute Gasteiger partial charge is 0.338 e. The zero-order valence-electron chi connectivity index (χ0n) is 10.5. The number of carbonyl (C=O) groups excluding carboxylic acids is 1. The zero-order valence-corrected chi connectivity index (χ0v) is 10.5. The Morgan fingerprint density at radius 1 is 0.850 bits per heavy atom. The van der Waals surface area contributed by atoms with Gasteiger partial charge in [0, 0.05) is 0 Å². The van der Waals surface area contributed by atoms with Gasteiger partial charge in [0.2, 0.25) is 0 Å². The van der Waals surface area contributed by atoms with Crippen LogP contribution in [0.25, 0.3) is 0 Å². The van der Waals surface area contributed by atoms with E-state index < -0.39 is 11.8 Å². The topological polar surface area (TPSA) is 35.5 Å². The average molecular weight is 278 g/mol. The summed E-state index contributed by atoms with van der Waals surface area (Å²) in [6, 6.07) is 10.6. The van der Waals surface area contributed by atoms with Crippen LogP contribution < -0.4 is 4.74 Å². The molecule has 0 heterocycles. The van der Waals surface area contributed by atoms with Crippen LogP contribution in [0.5, 0.6) is 5.75 Å². The highest BCUT2D eigenvalue weighted by molar-refractivity contribution is 5.89. The van der Waals surface area contributed by atoms with Crippen molar-refractivity contribution in [2.75, 3.05) is 13.2 Å². The molecule has 0 N–H and O–H groups in total. The maximum Gasteiger partial charge on any atom is 0.338 e. The molecule has 2 aromatic carbocycles. The minimum absolute atomic E-state index is 0.0492. The molecule has 0 unspecified atom stereocenters. The quantitative estimate of drug-likeness (QED) is 0.622. The van der Waals surface area contributed by atoms with Gasteiger partial charge in [0.25, 0.3) is 0 Å². The molecule has 0 aliphatic carbocycles. The highest BCUT2D eigenvalue weighted by atomic mass is 19.1. The fourth-order valence-electron chi connectivity index (χ4n) is 1.49. The van der Waals surface area contributed by atoms with E-state index >= 15 is 0 Å². The normalized spacial score (nSPS) is 10.1. The highest BCUT2D eigenvalue weighted by Crippen LogP contribution is 2.11. The fourth-order valence-corrected chi connectivity index (χ4v) is 1.49. The first-order valence-corrected chi connectivity index (χ1v) is 5.96. The van der Waals surface area contributed by atoms with Crippen LogP contribution in [-0.2, 0) is 4.74 Å². The van der Waals surface area contributed by atoms with Gasteiger partial charge in [-0.1, -0.05) is 0 Å². The second-order valence-corrected chi connectivity index (χ2v) is 3.95. The van der Waals surface area contributed by atoms with Gasteiger partial charge in [-0.3, -0.25) is 0 Å². The minimum atomic E-state index is -0.548. The third-order valence-corrected chi connectivity index (χ3v) is 2.48. The maximum absolute atomic E-state index is 12.7. The van der Waals surface area contributed by atoms with E-state index in [9.17, 15) is 13.6 Å². The summed E-state index contributed by atoms with van der Waals surface area (Å²) >= 11 is 0. The number of halogens is 2. The molecule has 0 radical (unpaired) electrons. The molecule has 2 aromatic rings. The maximum atomic E-state index is 12.7. The van der Waals surface area contributed by atoms with Gasteiger partial charge in [0.15, 0.2) is 0 Å². The number of hydrogen-bond acceptors (Lipinski definition) is 3. The first kappa shape index (κ1) is 14.0. The Morgan fingerprint density at radius 3 is 2.00 bits per heavy atom. The van der Waals surface area contributed by atoms with Crippen LogP contribution in [0.3, 0.4) is 0 Å². The molecule has 104 valence electrons. The van der Waals surface area contributed by atoms with Crippen LogP contribution in [0.15, 0.2) is 48.5 Å². The predicted octanol–water partition coefficient (Wildman–Crippen LogP) is 3.20. The van der Waals surface area contributed by atoms with E-state index in [0.29, 0.717) is 5.75 Å². The number of benzene rings is 2. The molecule has 0 aliphatic heterocycles. The SMILES string of the molecule is O=C(OCCOc1ccc(F)cc1)c1ccc(F)cc1. The zero-order chi connectivity index (χ0) is 14.4. The molecular formula is C15H12F2O3. The second-order valence-electron chi connectivity index (χ2n) is 3.95. The molecule has 0 fully saturated rings. The van der Waals surface area contributed by atoms with Crippen LogP contribution in [0.4, 0.5) is 8.78 Å². The van der Waals surface area contributed by atoms with Crippen molar-refractivity contribution in [3.8, 4) is 5.75 Å². The van der Waals surface area contributed by atoms with Crippen LogP contribution >= 0.6 is 0 Å². The van der Waals surface area contributed by atoms with Crippen LogP contribution in [0.2, 0.25) is 0 Å². The van der Waals surface area contributed by atoms with Crippen LogP contribution in [-0.4, -0.2) is 19.2 Å². The molecule has 0 atom stereocenters. The van der Waals surface area contributed by atoms with E-state index in [0.717, 1.165) is 0 Å². The van der Waals surface area contributed by atoms with Gasteiger partial charge in [-0.15, -0.1) is 0 Å². The fraction of sp³-hybridized carbons (Fsp3) is 0.133. The van der Waals surface area contributed by atoms with E-state index in [1.54, 1.807) is 0 Å². The summed E-state index contributed by atoms with van der Waals surface area (Å²) in [4.78, 5) is 11.6. The van der Waals surface area contributed by atoms with Crippen molar-refractivity contribution in [1.29, 1.82) is 0 Å². The van der Waals surface area contributed by atoms with E-state index in [2.05, 4.69) is 0 Å². The molecule has 2 rings (SSSR count). The molecule has 0 aromatic heterocycles. The van der Waals surface area contributed by atoms with E-state index in [-0.39, 0.29) is 24.6 Å². The van der Waals surface area contributed by atoms with Gasteiger partial charge in [0.1, 0.15) is 30.6 Å². The van der Waals surface area contributed by atoms with Gasteiger partial charge in [-0.2, -0.15) is 0 Å². The lowest BCUT2D eigenvalue weighted by atomic mass is 10.2. The van der Waals surface area contributed by atoms with Crippen molar-refractivity contribution in [3.05, 3.63) is 65.7 Å². The van der Waals surface area contributed by atoms with Crippen molar-refractivity contribution in [3.63, 3.8) is 0 Å². The van der Waals surface area contributed by atoms with Crippen LogP contribution in [0, 0.1) is 11.6 Å². The first-order valence-electron chi connectivity index (χ1n) is 5.96. The summed E-state index contributed by atoms with van der Waals surface area (Å²) in [5.74, 6) is -0.821. The Labute approximate surface area is 114 Å². The lowest BCUT2D eigenvalue weighted by Gasteiger charge is -2.07. The summed E-state index contributed by atoms with van der Waals surface area (Å²) < 4.78 is 35.5. The van der Waals surface area contributed by atoms with Crippen molar-refractivity contribution >= 4 is 5.97 Å². The Hall–Kier alpha value is -2.43. The summed E-state index contributed by atoms with van der Waals surface area (Å²) in [5, 5.41) is 0. The monoisotopic (exact) mass is 278 g/mol. The summed E-state index contributed by atoms with van der Waals surface area (Å²) in [6.07, 6.45) is 0. The van der Waals surface area contributed by atoms with Crippen molar-refractivity contribution < 1.29 is 23.0 Å². The van der Waals surface area contributed by atoms with E-state index in [1.165, 1.54) is 48.5 Å². The molecule has 0 amide bonds. The van der Waals surface area contributed by atoms with Crippen molar-refractivity contribution in [2.45, 2.75) is 0 Å². The predicted molar refractivity (Wildman–Crippen MR) is 68.6 cm³/mol. The Kier molecular flexibility index (Phi) is 4.65. The van der Waals surface area contributed by atoms with Gasteiger partial charge >= 0.3 is 5.97 Å². The Bertz CT molecular complexity index is 565. The van der Waals surface area contributed by atoms with Gasteiger partial charge in [-0.05, 0) is 48.5 Å². The lowest BCUT2D eigenvalue weighted by molar-refractivity contribution is 0.0450. The molecule has 0 bridgehead atoms. The molecule has 20 heavy (non-hydrogen) atoms. The molecule has 0 saturated carbocycles. The number of ether oxygens (including phenoxy) is 2. The Morgan fingerprint density at radius 2 is 1.40 bits per heavy atom. The summed E-state index contributed by atoms with van der Waals surface area (Å²) in [7, 11) is 0. The number of rotatable bonds is 5. The largest absolute Gasteiger partial charge is 0.490 e. The van der Waals surface area contributed by atoms with Gasteiger partial charge in [0.05, 0.1) is 5.56 Å². The number of esters is 1.